The van der Waals surface area contributed by atoms with Crippen LogP contribution in [0.3, 0.4) is 0 Å². The molecule has 8 nitrogen and oxygen atoms in total. The molecule has 32 heavy (non-hydrogen) atoms. The number of thiocarbonyl (C=S) groups is 1. The van der Waals surface area contributed by atoms with Crippen LogP contribution in [0.2, 0.25) is 0 Å². The van der Waals surface area contributed by atoms with Gasteiger partial charge in [-0.25, -0.2) is 4.39 Å². The fraction of sp³-hybridized carbons (Fsp3) is 0.143. The van der Waals surface area contributed by atoms with Gasteiger partial charge >= 0.3 is 0 Å². The molecule has 0 bridgehead atoms. The fourth-order valence-electron chi connectivity index (χ4n) is 2.74. The van der Waals surface area contributed by atoms with Crippen LogP contribution in [0, 0.1) is 9.39 Å². The number of nitrogens with one attached hydrogen (secondary N) is 2. The Balaban J connectivity index is 1.77. The Labute approximate surface area is 201 Å². The number of carbonyl (C=O) groups excluding carboxylic acids is 3. The van der Waals surface area contributed by atoms with Crippen LogP contribution in [0.15, 0.2) is 42.0 Å². The van der Waals surface area contributed by atoms with Crippen molar-refractivity contribution in [2.24, 2.45) is 0 Å². The third kappa shape index (κ3) is 5.40. The lowest BCUT2D eigenvalue weighted by Crippen LogP contribution is -2.52. The normalized spacial score (nSPS) is 14.9. The molecule has 1 saturated heterocycles. The number of halogens is 2. The highest BCUT2D eigenvalue weighted by molar-refractivity contribution is 14.1. The molecule has 0 saturated carbocycles. The van der Waals surface area contributed by atoms with Crippen molar-refractivity contribution in [2.45, 2.75) is 0 Å². The summed E-state index contributed by atoms with van der Waals surface area (Å²) in [4.78, 5) is 37.9. The van der Waals surface area contributed by atoms with Crippen LogP contribution in [0.25, 0.3) is 6.08 Å². The van der Waals surface area contributed by atoms with E-state index in [1.807, 2.05) is 22.6 Å². The first-order valence-corrected chi connectivity index (χ1v) is 10.6. The molecule has 2 aromatic carbocycles. The Bertz CT molecular complexity index is 1140. The first-order valence-electron chi connectivity index (χ1n) is 9.10. The van der Waals surface area contributed by atoms with Crippen LogP contribution in [-0.2, 0) is 14.4 Å². The van der Waals surface area contributed by atoms with Crippen molar-refractivity contribution in [3.05, 3.63) is 56.9 Å². The molecule has 0 atom stereocenters. The van der Waals surface area contributed by atoms with Crippen LogP contribution in [0.1, 0.15) is 5.56 Å². The Hall–Kier alpha value is -3.06. The molecule has 166 valence electrons. The number of methoxy groups -OCH3 is 1. The summed E-state index contributed by atoms with van der Waals surface area (Å²) in [7, 11) is 2.90. The molecule has 0 radical (unpaired) electrons. The standard InChI is InChI=1S/C21H17FIN3O5S/c1-26-20(29)14(19(28)25-21(26)32)7-11-8-15(23)18(16(9-11)30-2)31-10-17(27)24-13-5-3-12(22)4-6-13/h3-9H,10H2,1-2H3,(H,24,27)(H,25,28,32)/b14-7+. The topological polar surface area (TPSA) is 97.0 Å². The van der Waals surface area contributed by atoms with E-state index in [2.05, 4.69) is 10.6 Å². The molecule has 11 heteroatoms. The van der Waals surface area contributed by atoms with Crippen molar-refractivity contribution in [1.82, 2.24) is 10.2 Å². The molecule has 0 spiro atoms. The third-order valence-electron chi connectivity index (χ3n) is 4.34. The summed E-state index contributed by atoms with van der Waals surface area (Å²) < 4.78 is 24.6. The smallest absolute Gasteiger partial charge is 0.265 e. The van der Waals surface area contributed by atoms with Gasteiger partial charge in [0, 0.05) is 12.7 Å². The minimum atomic E-state index is -0.593. The Kier molecular flexibility index (Phi) is 7.40. The molecule has 3 amide bonds. The average molecular weight is 569 g/mol. The van der Waals surface area contributed by atoms with Gasteiger partial charge in [-0.15, -0.1) is 0 Å². The molecule has 2 aromatic rings. The van der Waals surface area contributed by atoms with Crippen molar-refractivity contribution in [1.29, 1.82) is 0 Å². The van der Waals surface area contributed by atoms with Gasteiger partial charge in [0.05, 0.1) is 10.7 Å². The highest BCUT2D eigenvalue weighted by Crippen LogP contribution is 2.35. The van der Waals surface area contributed by atoms with Gasteiger partial charge in [-0.1, -0.05) is 0 Å². The summed E-state index contributed by atoms with van der Waals surface area (Å²) in [6.07, 6.45) is 1.42. The zero-order chi connectivity index (χ0) is 23.4. The van der Waals surface area contributed by atoms with E-state index < -0.39 is 23.5 Å². The predicted octanol–water partition coefficient (Wildman–Crippen LogP) is 2.71. The zero-order valence-electron chi connectivity index (χ0n) is 16.9. The number of nitrogens with zero attached hydrogens (tertiary/aromatic N) is 1. The Morgan fingerprint density at radius 1 is 1.28 bits per heavy atom. The largest absolute Gasteiger partial charge is 0.493 e. The van der Waals surface area contributed by atoms with Gasteiger partial charge in [0.1, 0.15) is 11.4 Å². The number of carbonyl (C=O) groups is 3. The van der Waals surface area contributed by atoms with Crippen molar-refractivity contribution < 1.29 is 28.2 Å². The molecule has 1 fully saturated rings. The van der Waals surface area contributed by atoms with E-state index in [0.29, 0.717) is 26.3 Å². The monoisotopic (exact) mass is 569 g/mol. The molecular formula is C21H17FIN3O5S. The van der Waals surface area contributed by atoms with Gasteiger partial charge in [0.15, 0.2) is 23.2 Å². The molecule has 1 aliphatic heterocycles. The highest BCUT2D eigenvalue weighted by atomic mass is 127. The molecule has 0 aliphatic carbocycles. The van der Waals surface area contributed by atoms with Crippen LogP contribution in [0.5, 0.6) is 11.5 Å². The molecule has 1 heterocycles. The summed E-state index contributed by atoms with van der Waals surface area (Å²) in [6.45, 7) is -0.312. The third-order valence-corrected chi connectivity index (χ3v) is 5.52. The van der Waals surface area contributed by atoms with Gasteiger partial charge in [-0.05, 0) is 82.8 Å². The maximum Gasteiger partial charge on any atom is 0.265 e. The highest BCUT2D eigenvalue weighted by Gasteiger charge is 2.30. The molecule has 1 aliphatic rings. The van der Waals surface area contributed by atoms with Gasteiger partial charge < -0.3 is 14.8 Å². The minimum Gasteiger partial charge on any atom is -0.493 e. The van der Waals surface area contributed by atoms with Gasteiger partial charge in [-0.2, -0.15) is 0 Å². The summed E-state index contributed by atoms with van der Waals surface area (Å²) in [5.74, 6) is -1.33. The number of benzene rings is 2. The van der Waals surface area contributed by atoms with Crippen LogP contribution in [-0.4, -0.2) is 48.5 Å². The van der Waals surface area contributed by atoms with E-state index in [1.54, 1.807) is 12.1 Å². The van der Waals surface area contributed by atoms with E-state index in [-0.39, 0.29) is 17.3 Å². The lowest BCUT2D eigenvalue weighted by Gasteiger charge is -2.25. The number of ether oxygens (including phenoxy) is 2. The van der Waals surface area contributed by atoms with Crippen LogP contribution < -0.4 is 20.1 Å². The van der Waals surface area contributed by atoms with Gasteiger partial charge in [0.25, 0.3) is 17.7 Å². The van der Waals surface area contributed by atoms with Gasteiger partial charge in [0.2, 0.25) is 0 Å². The summed E-state index contributed by atoms with van der Waals surface area (Å²) in [5, 5.41) is 5.08. The van der Waals surface area contributed by atoms with Gasteiger partial charge in [-0.3, -0.25) is 24.6 Å². The van der Waals surface area contributed by atoms with E-state index in [9.17, 15) is 18.8 Å². The maximum absolute atomic E-state index is 13.0. The fourth-order valence-corrected chi connectivity index (χ4v) is 3.70. The number of likely N-dealkylation sites (N-methyl/N-ethyl adjacent to an activating group) is 1. The molecule has 3 rings (SSSR count). The van der Waals surface area contributed by atoms with Crippen molar-refractivity contribution in [3.63, 3.8) is 0 Å². The second-order valence-electron chi connectivity index (χ2n) is 6.56. The zero-order valence-corrected chi connectivity index (χ0v) is 19.9. The molecular weight excluding hydrogens is 552 g/mol. The predicted molar refractivity (Wildman–Crippen MR) is 128 cm³/mol. The van der Waals surface area contributed by atoms with E-state index in [4.69, 9.17) is 21.7 Å². The Morgan fingerprint density at radius 2 is 1.97 bits per heavy atom. The number of anilines is 1. The first kappa shape index (κ1) is 23.6. The van der Waals surface area contributed by atoms with Crippen molar-refractivity contribution >= 4 is 69.4 Å². The summed E-state index contributed by atoms with van der Waals surface area (Å²) in [6, 6.07) is 8.60. The van der Waals surface area contributed by atoms with E-state index >= 15 is 0 Å². The quantitative estimate of drug-likeness (QED) is 0.241. The lowest BCUT2D eigenvalue weighted by atomic mass is 10.1. The number of rotatable bonds is 6. The van der Waals surface area contributed by atoms with Crippen molar-refractivity contribution in [2.75, 3.05) is 26.1 Å². The minimum absolute atomic E-state index is 0.0342. The Morgan fingerprint density at radius 3 is 2.62 bits per heavy atom. The van der Waals surface area contributed by atoms with Crippen LogP contribution >= 0.6 is 34.8 Å². The molecule has 0 aromatic heterocycles. The maximum atomic E-state index is 13.0. The number of hydrogen-bond donors (Lipinski definition) is 2. The SMILES string of the molecule is COc1cc(/C=C2\C(=O)NC(=S)N(C)C2=O)cc(I)c1OCC(=O)Nc1ccc(F)cc1. The molecule has 2 N–H and O–H groups in total. The summed E-state index contributed by atoms with van der Waals surface area (Å²) >= 11 is 6.93. The first-order chi connectivity index (χ1) is 15.2. The van der Waals surface area contributed by atoms with E-state index in [0.717, 1.165) is 0 Å². The van der Waals surface area contributed by atoms with Crippen LogP contribution in [0.4, 0.5) is 10.1 Å². The number of amides is 3. The second-order valence-corrected chi connectivity index (χ2v) is 8.11. The summed E-state index contributed by atoms with van der Waals surface area (Å²) in [5.41, 5.74) is 0.879. The lowest BCUT2D eigenvalue weighted by molar-refractivity contribution is -0.128. The second kappa shape index (κ2) is 10.0. The van der Waals surface area contributed by atoms with Crippen molar-refractivity contribution in [3.8, 4) is 11.5 Å². The number of hydrogen-bond acceptors (Lipinski definition) is 6. The average Bonchev–Trinajstić information content (AvgIpc) is 2.75. The molecule has 0 unspecified atom stereocenters. The van der Waals surface area contributed by atoms with E-state index in [1.165, 1.54) is 49.4 Å².